The van der Waals surface area contributed by atoms with Crippen LogP contribution >= 0.6 is 11.3 Å². The molecule has 1 N–H and O–H groups in total. The average Bonchev–Trinajstić information content (AvgIpc) is 3.36. The zero-order chi connectivity index (χ0) is 18.1. The SMILES string of the molecule is CN1C[C@@H](NS(=O)(=O)c2cccs2)C[C@H]1c1nc(-c2cnccn2)no1. The minimum Gasteiger partial charge on any atom is -0.337 e. The molecule has 0 spiro atoms. The Balaban J connectivity index is 1.49. The summed E-state index contributed by atoms with van der Waals surface area (Å²) in [5.41, 5.74) is 0.526. The fourth-order valence-electron chi connectivity index (χ4n) is 2.96. The molecular weight excluding hydrogens is 376 g/mol. The van der Waals surface area contributed by atoms with Crippen molar-refractivity contribution in [2.45, 2.75) is 22.7 Å². The normalized spacial score (nSPS) is 21.3. The fraction of sp³-hybridized carbons (Fsp3) is 0.333. The second kappa shape index (κ2) is 6.83. The summed E-state index contributed by atoms with van der Waals surface area (Å²) in [5, 5.41) is 5.69. The Kier molecular flexibility index (Phi) is 4.53. The van der Waals surface area contributed by atoms with Crippen LogP contribution in [0.3, 0.4) is 0 Å². The highest BCUT2D eigenvalue weighted by Gasteiger charge is 2.36. The summed E-state index contributed by atoms with van der Waals surface area (Å²) in [5.74, 6) is 0.801. The number of rotatable bonds is 5. The third kappa shape index (κ3) is 3.38. The molecule has 0 aromatic carbocycles. The first-order chi connectivity index (χ1) is 12.5. The predicted octanol–water partition coefficient (Wildman–Crippen LogP) is 1.31. The maximum absolute atomic E-state index is 12.4. The summed E-state index contributed by atoms with van der Waals surface area (Å²) < 4.78 is 33.2. The molecule has 0 radical (unpaired) electrons. The zero-order valence-electron chi connectivity index (χ0n) is 13.8. The average molecular weight is 392 g/mol. The van der Waals surface area contributed by atoms with E-state index in [0.29, 0.717) is 34.6 Å². The largest absolute Gasteiger partial charge is 0.337 e. The van der Waals surface area contributed by atoms with Gasteiger partial charge in [0.1, 0.15) is 9.90 Å². The van der Waals surface area contributed by atoms with Crippen molar-refractivity contribution in [1.82, 2.24) is 29.7 Å². The topological polar surface area (TPSA) is 114 Å². The highest BCUT2D eigenvalue weighted by Crippen LogP contribution is 2.31. The second-order valence-electron chi connectivity index (χ2n) is 5.99. The van der Waals surface area contributed by atoms with Crippen LogP contribution in [0.4, 0.5) is 0 Å². The summed E-state index contributed by atoms with van der Waals surface area (Å²) in [6.45, 7) is 0.554. The Morgan fingerprint density at radius 1 is 1.38 bits per heavy atom. The molecule has 0 unspecified atom stereocenters. The minimum atomic E-state index is -3.51. The molecule has 0 bridgehead atoms. The molecule has 1 aliphatic rings. The van der Waals surface area contributed by atoms with Crippen molar-refractivity contribution in [3.8, 4) is 11.5 Å². The molecule has 1 aliphatic heterocycles. The molecule has 26 heavy (non-hydrogen) atoms. The Labute approximate surface area is 154 Å². The number of aromatic nitrogens is 4. The van der Waals surface area contributed by atoms with E-state index < -0.39 is 10.0 Å². The van der Waals surface area contributed by atoms with Gasteiger partial charge >= 0.3 is 0 Å². The van der Waals surface area contributed by atoms with E-state index in [4.69, 9.17) is 4.52 Å². The number of hydrogen-bond donors (Lipinski definition) is 1. The number of sulfonamides is 1. The lowest BCUT2D eigenvalue weighted by Gasteiger charge is -2.14. The minimum absolute atomic E-state index is 0.163. The van der Waals surface area contributed by atoms with Gasteiger partial charge in [0.15, 0.2) is 0 Å². The van der Waals surface area contributed by atoms with Gasteiger partial charge in [-0.15, -0.1) is 11.3 Å². The molecule has 0 saturated carbocycles. The molecule has 2 atom stereocenters. The Bertz CT molecular complexity index is 974. The summed E-state index contributed by atoms with van der Waals surface area (Å²) in [7, 11) is -1.61. The first kappa shape index (κ1) is 17.2. The summed E-state index contributed by atoms with van der Waals surface area (Å²) >= 11 is 1.19. The summed E-state index contributed by atoms with van der Waals surface area (Å²) in [6.07, 6.45) is 5.23. The molecule has 1 saturated heterocycles. The molecule has 0 amide bonds. The third-order valence-electron chi connectivity index (χ3n) is 4.15. The van der Waals surface area contributed by atoms with Crippen molar-refractivity contribution < 1.29 is 12.9 Å². The van der Waals surface area contributed by atoms with Crippen molar-refractivity contribution in [3.63, 3.8) is 0 Å². The van der Waals surface area contributed by atoms with E-state index in [2.05, 4.69) is 24.8 Å². The van der Waals surface area contributed by atoms with Gasteiger partial charge in [0.25, 0.3) is 0 Å². The Morgan fingerprint density at radius 2 is 2.27 bits per heavy atom. The van der Waals surface area contributed by atoms with Crippen LogP contribution in [0, 0.1) is 0 Å². The van der Waals surface area contributed by atoms with Crippen molar-refractivity contribution >= 4 is 21.4 Å². The van der Waals surface area contributed by atoms with Crippen LogP contribution in [0.25, 0.3) is 11.5 Å². The highest BCUT2D eigenvalue weighted by molar-refractivity contribution is 7.91. The summed E-state index contributed by atoms with van der Waals surface area (Å²) in [6, 6.07) is 2.91. The maximum Gasteiger partial charge on any atom is 0.250 e. The molecule has 9 nitrogen and oxygen atoms in total. The predicted molar refractivity (Wildman–Crippen MR) is 93.7 cm³/mol. The Morgan fingerprint density at radius 3 is 3.00 bits per heavy atom. The number of nitrogens with zero attached hydrogens (tertiary/aromatic N) is 5. The van der Waals surface area contributed by atoms with E-state index in [1.807, 2.05) is 11.9 Å². The van der Waals surface area contributed by atoms with Crippen molar-refractivity contribution in [2.75, 3.05) is 13.6 Å². The van der Waals surface area contributed by atoms with Crippen molar-refractivity contribution in [3.05, 3.63) is 42.0 Å². The number of likely N-dealkylation sites (N-methyl/N-ethyl adjacent to an activating group) is 1. The van der Waals surface area contributed by atoms with Crippen molar-refractivity contribution in [2.24, 2.45) is 0 Å². The van der Waals surface area contributed by atoms with Crippen LogP contribution in [0.15, 0.2) is 44.8 Å². The van der Waals surface area contributed by atoms with E-state index in [1.165, 1.54) is 11.3 Å². The monoisotopic (exact) mass is 392 g/mol. The number of hydrogen-bond acceptors (Lipinski definition) is 9. The highest BCUT2D eigenvalue weighted by atomic mass is 32.2. The van der Waals surface area contributed by atoms with Gasteiger partial charge in [-0.1, -0.05) is 11.2 Å². The van der Waals surface area contributed by atoms with Crippen LogP contribution in [-0.2, 0) is 10.0 Å². The zero-order valence-corrected chi connectivity index (χ0v) is 15.4. The standard InChI is InChI=1S/C15H16N6O3S2/c1-21-9-10(20-26(22,23)13-3-2-6-25-13)7-12(21)15-18-14(19-24-15)11-8-16-4-5-17-11/h2-6,8,10,12,20H,7,9H2,1H3/t10-,12-/m0/s1. The smallest absolute Gasteiger partial charge is 0.250 e. The van der Waals surface area contributed by atoms with Gasteiger partial charge in [0.05, 0.1) is 12.2 Å². The molecule has 11 heteroatoms. The van der Waals surface area contributed by atoms with Crippen LogP contribution in [0.1, 0.15) is 18.4 Å². The van der Waals surface area contributed by atoms with E-state index in [0.717, 1.165) is 0 Å². The van der Waals surface area contributed by atoms with Crippen molar-refractivity contribution in [1.29, 1.82) is 0 Å². The first-order valence-corrected chi connectivity index (χ1v) is 10.3. The lowest BCUT2D eigenvalue weighted by molar-refractivity contribution is 0.244. The van der Waals surface area contributed by atoms with Crippen LogP contribution in [0.2, 0.25) is 0 Å². The molecule has 1 fully saturated rings. The van der Waals surface area contributed by atoms with Crippen LogP contribution < -0.4 is 4.72 Å². The molecule has 4 rings (SSSR count). The number of thiophene rings is 1. The Hall–Kier alpha value is -2.21. The van der Waals surface area contributed by atoms with E-state index in [9.17, 15) is 8.42 Å². The van der Waals surface area contributed by atoms with Crippen LogP contribution in [-0.4, -0.2) is 53.1 Å². The van der Waals surface area contributed by atoms with E-state index >= 15 is 0 Å². The molecule has 3 aromatic heterocycles. The molecule has 136 valence electrons. The lowest BCUT2D eigenvalue weighted by Crippen LogP contribution is -2.36. The van der Waals surface area contributed by atoms with E-state index in [-0.39, 0.29) is 12.1 Å². The van der Waals surface area contributed by atoms with Gasteiger partial charge in [-0.2, -0.15) is 4.98 Å². The van der Waals surface area contributed by atoms with Gasteiger partial charge < -0.3 is 4.52 Å². The quantitative estimate of drug-likeness (QED) is 0.691. The first-order valence-electron chi connectivity index (χ1n) is 7.89. The van der Waals surface area contributed by atoms with E-state index in [1.54, 1.807) is 36.1 Å². The maximum atomic E-state index is 12.4. The molecule has 4 heterocycles. The third-order valence-corrected chi connectivity index (χ3v) is 7.07. The van der Waals surface area contributed by atoms with Crippen LogP contribution in [0.5, 0.6) is 0 Å². The van der Waals surface area contributed by atoms with Gasteiger partial charge in [-0.3, -0.25) is 9.88 Å². The molecule has 0 aliphatic carbocycles. The number of likely N-dealkylation sites (tertiary alicyclic amines) is 1. The second-order valence-corrected chi connectivity index (χ2v) is 8.88. The van der Waals surface area contributed by atoms with Gasteiger partial charge in [-0.05, 0) is 24.9 Å². The van der Waals surface area contributed by atoms with Gasteiger partial charge in [-0.25, -0.2) is 18.1 Å². The van der Waals surface area contributed by atoms with Gasteiger partial charge in [0.2, 0.25) is 21.7 Å². The summed E-state index contributed by atoms with van der Waals surface area (Å²) in [4.78, 5) is 14.5. The molecular formula is C15H16N6O3S2. The number of nitrogens with one attached hydrogen (secondary N) is 1. The van der Waals surface area contributed by atoms with Gasteiger partial charge in [0, 0.05) is 25.0 Å². The molecule has 3 aromatic rings. The fourth-order valence-corrected chi connectivity index (χ4v) is 5.21. The lowest BCUT2D eigenvalue weighted by atomic mass is 10.2.